The Morgan fingerprint density at radius 3 is 2.71 bits per heavy atom. The van der Waals surface area contributed by atoms with Crippen molar-refractivity contribution < 1.29 is 14.1 Å². The van der Waals surface area contributed by atoms with E-state index < -0.39 is 16.4 Å². The molecule has 0 N–H and O–H groups in total. The molecule has 0 spiro atoms. The Kier molecular flexibility index (Phi) is 3.75. The van der Waals surface area contributed by atoms with Gasteiger partial charge in [-0.1, -0.05) is 0 Å². The number of nitrogens with zero attached hydrogens (tertiary/aromatic N) is 4. The van der Waals surface area contributed by atoms with Crippen LogP contribution in [0.1, 0.15) is 11.1 Å². The number of aromatic nitrogens is 2. The van der Waals surface area contributed by atoms with Crippen molar-refractivity contribution in [2.45, 2.75) is 6.92 Å². The molecule has 21 heavy (non-hydrogen) atoms. The molecule has 1 aromatic carbocycles. The second-order valence-electron chi connectivity index (χ2n) is 4.07. The highest BCUT2D eigenvalue weighted by Gasteiger charge is 2.21. The van der Waals surface area contributed by atoms with Crippen LogP contribution in [0.15, 0.2) is 18.5 Å². The Balaban J connectivity index is 2.74. The zero-order valence-corrected chi connectivity index (χ0v) is 11.1. The number of ether oxygens (including phenoxy) is 1. The summed E-state index contributed by atoms with van der Waals surface area (Å²) < 4.78 is 19.1. The average Bonchev–Trinajstić information content (AvgIpc) is 2.47. The van der Waals surface area contributed by atoms with Crippen LogP contribution < -0.4 is 4.74 Å². The van der Waals surface area contributed by atoms with Crippen LogP contribution in [-0.4, -0.2) is 22.0 Å². The maximum absolute atomic E-state index is 14.1. The molecular weight excluding hydrogens is 279 g/mol. The molecule has 0 unspecified atom stereocenters. The number of methoxy groups -OCH3 is 1. The van der Waals surface area contributed by atoms with Gasteiger partial charge in [-0.05, 0) is 13.0 Å². The van der Waals surface area contributed by atoms with Crippen LogP contribution in [-0.2, 0) is 0 Å². The average molecular weight is 288 g/mol. The van der Waals surface area contributed by atoms with Crippen LogP contribution in [0, 0.1) is 34.2 Å². The molecule has 2 aromatic rings. The monoisotopic (exact) mass is 288 g/mol. The third-order valence-electron chi connectivity index (χ3n) is 2.89. The maximum atomic E-state index is 14.1. The van der Waals surface area contributed by atoms with Crippen molar-refractivity contribution in [3.05, 3.63) is 45.5 Å². The van der Waals surface area contributed by atoms with E-state index >= 15 is 0 Å². The fraction of sp³-hybridized carbons (Fsp3) is 0.154. The molecule has 0 bridgehead atoms. The molecule has 1 aromatic heterocycles. The van der Waals surface area contributed by atoms with Gasteiger partial charge in [0.15, 0.2) is 0 Å². The minimum absolute atomic E-state index is 0.0844. The molecule has 8 heteroatoms. The van der Waals surface area contributed by atoms with Crippen molar-refractivity contribution in [1.82, 2.24) is 9.97 Å². The third kappa shape index (κ3) is 2.49. The molecule has 0 saturated carbocycles. The molecule has 106 valence electrons. The van der Waals surface area contributed by atoms with Crippen molar-refractivity contribution in [3.8, 4) is 23.2 Å². The van der Waals surface area contributed by atoms with Gasteiger partial charge in [0.05, 0.1) is 17.7 Å². The number of rotatable bonds is 3. The molecule has 1 heterocycles. The minimum Gasteiger partial charge on any atom is -0.481 e. The number of benzene rings is 1. The first-order valence-electron chi connectivity index (χ1n) is 5.73. The predicted octanol–water partition coefficient (Wildman–Crippen LogP) is 2.38. The molecule has 0 radical (unpaired) electrons. The van der Waals surface area contributed by atoms with Gasteiger partial charge in [-0.2, -0.15) is 5.26 Å². The van der Waals surface area contributed by atoms with Crippen LogP contribution in [0.2, 0.25) is 0 Å². The maximum Gasteiger partial charge on any atom is 0.287 e. The highest BCUT2D eigenvalue weighted by Crippen LogP contribution is 2.32. The first-order valence-corrected chi connectivity index (χ1v) is 5.73. The first-order chi connectivity index (χ1) is 9.99. The summed E-state index contributed by atoms with van der Waals surface area (Å²) in [6, 6.07) is 3.40. The molecule has 0 amide bonds. The summed E-state index contributed by atoms with van der Waals surface area (Å²) in [7, 11) is 1.40. The standard InChI is InChI=1S/C13H9FN4O3/c1-7-12(16-6-17-13(7)21-2)9-4-11(18(19)20)8(5-15)3-10(9)14/h3-4,6H,1-2H3. The van der Waals surface area contributed by atoms with Crippen LogP contribution in [0.4, 0.5) is 10.1 Å². The molecule has 0 aliphatic heterocycles. The minimum atomic E-state index is -0.777. The second kappa shape index (κ2) is 5.50. The highest BCUT2D eigenvalue weighted by molar-refractivity contribution is 5.70. The van der Waals surface area contributed by atoms with Gasteiger partial charge in [0.25, 0.3) is 5.69 Å². The molecule has 0 aliphatic rings. The van der Waals surface area contributed by atoms with Gasteiger partial charge in [0.1, 0.15) is 23.8 Å². The van der Waals surface area contributed by atoms with Gasteiger partial charge < -0.3 is 4.74 Å². The van der Waals surface area contributed by atoms with E-state index in [1.165, 1.54) is 13.4 Å². The smallest absolute Gasteiger partial charge is 0.287 e. The molecule has 0 atom stereocenters. The summed E-state index contributed by atoms with van der Waals surface area (Å²) in [6.45, 7) is 1.61. The second-order valence-corrected chi connectivity index (χ2v) is 4.07. The van der Waals surface area contributed by atoms with Crippen molar-refractivity contribution in [2.75, 3.05) is 7.11 Å². The Labute approximate surface area is 118 Å². The van der Waals surface area contributed by atoms with E-state index in [4.69, 9.17) is 10.00 Å². The van der Waals surface area contributed by atoms with E-state index in [0.717, 1.165) is 12.1 Å². The number of hydrogen-bond acceptors (Lipinski definition) is 6. The Hall–Kier alpha value is -3.08. The zero-order chi connectivity index (χ0) is 15.6. The number of nitro benzene ring substituents is 1. The lowest BCUT2D eigenvalue weighted by Crippen LogP contribution is -2.00. The summed E-state index contributed by atoms with van der Waals surface area (Å²) >= 11 is 0. The fourth-order valence-corrected chi connectivity index (χ4v) is 1.90. The van der Waals surface area contributed by atoms with E-state index in [1.54, 1.807) is 13.0 Å². The Bertz CT molecular complexity index is 771. The Morgan fingerprint density at radius 2 is 2.14 bits per heavy atom. The number of halogens is 1. The van der Waals surface area contributed by atoms with Crippen molar-refractivity contribution in [2.24, 2.45) is 0 Å². The molecule has 0 saturated heterocycles. The van der Waals surface area contributed by atoms with Crippen molar-refractivity contribution in [3.63, 3.8) is 0 Å². The van der Waals surface area contributed by atoms with Crippen LogP contribution in [0.25, 0.3) is 11.3 Å². The van der Waals surface area contributed by atoms with Crippen molar-refractivity contribution in [1.29, 1.82) is 5.26 Å². The molecule has 2 rings (SSSR count). The number of nitriles is 1. The van der Waals surface area contributed by atoms with Gasteiger partial charge in [-0.25, -0.2) is 14.4 Å². The van der Waals surface area contributed by atoms with E-state index in [1.807, 2.05) is 0 Å². The lowest BCUT2D eigenvalue weighted by atomic mass is 10.0. The molecule has 0 aliphatic carbocycles. The summed E-state index contributed by atoms with van der Waals surface area (Å²) in [5.41, 5.74) is -0.297. The summed E-state index contributed by atoms with van der Waals surface area (Å²) in [5, 5.41) is 19.8. The van der Waals surface area contributed by atoms with E-state index in [2.05, 4.69) is 9.97 Å². The lowest BCUT2D eigenvalue weighted by Gasteiger charge is -2.09. The van der Waals surface area contributed by atoms with Gasteiger partial charge in [-0.15, -0.1) is 0 Å². The van der Waals surface area contributed by atoms with Gasteiger partial charge >= 0.3 is 0 Å². The Morgan fingerprint density at radius 1 is 1.43 bits per heavy atom. The molecule has 0 fully saturated rings. The highest BCUT2D eigenvalue weighted by atomic mass is 19.1. The quantitative estimate of drug-likeness (QED) is 0.634. The summed E-state index contributed by atoms with van der Waals surface area (Å²) in [4.78, 5) is 18.0. The van der Waals surface area contributed by atoms with Gasteiger partial charge in [-0.3, -0.25) is 10.1 Å². The molecule has 7 nitrogen and oxygen atoms in total. The fourth-order valence-electron chi connectivity index (χ4n) is 1.90. The third-order valence-corrected chi connectivity index (χ3v) is 2.89. The van der Waals surface area contributed by atoms with E-state index in [0.29, 0.717) is 5.56 Å². The SMILES string of the molecule is COc1ncnc(-c2cc([N+](=O)[O-])c(C#N)cc2F)c1C. The van der Waals surface area contributed by atoms with E-state index in [9.17, 15) is 14.5 Å². The van der Waals surface area contributed by atoms with E-state index in [-0.39, 0.29) is 22.7 Å². The van der Waals surface area contributed by atoms with Gasteiger partial charge in [0, 0.05) is 17.2 Å². The number of hydrogen-bond donors (Lipinski definition) is 0. The number of nitro groups is 1. The van der Waals surface area contributed by atoms with Crippen molar-refractivity contribution >= 4 is 5.69 Å². The van der Waals surface area contributed by atoms with Gasteiger partial charge in [0.2, 0.25) is 5.88 Å². The summed E-state index contributed by atoms with van der Waals surface area (Å²) in [6.07, 6.45) is 1.17. The zero-order valence-electron chi connectivity index (χ0n) is 11.1. The predicted molar refractivity (Wildman–Crippen MR) is 70.1 cm³/mol. The first kappa shape index (κ1) is 14.3. The lowest BCUT2D eigenvalue weighted by molar-refractivity contribution is -0.385. The van der Waals surface area contributed by atoms with Crippen LogP contribution in [0.5, 0.6) is 5.88 Å². The normalized spacial score (nSPS) is 10.0. The molecular formula is C13H9FN4O3. The summed E-state index contributed by atoms with van der Waals surface area (Å²) in [5.74, 6) is -0.535. The topological polar surface area (TPSA) is 102 Å². The largest absolute Gasteiger partial charge is 0.481 e. The van der Waals surface area contributed by atoms with Crippen LogP contribution in [0.3, 0.4) is 0 Å². The van der Waals surface area contributed by atoms with Crippen LogP contribution >= 0.6 is 0 Å².